The summed E-state index contributed by atoms with van der Waals surface area (Å²) < 4.78 is 35.0. The Labute approximate surface area is 194 Å². The number of benzene rings is 2. The molecule has 1 aromatic heterocycles. The number of ether oxygens (including phenoxy) is 1. The normalized spacial score (nSPS) is 15.6. The molecule has 2 heterocycles. The average Bonchev–Trinajstić information content (AvgIpc) is 2.77. The van der Waals surface area contributed by atoms with E-state index in [2.05, 4.69) is 5.10 Å². The Hall–Kier alpha value is -3.88. The van der Waals surface area contributed by atoms with Crippen LogP contribution in [0.3, 0.4) is 0 Å². The molecule has 9 heteroatoms. The van der Waals surface area contributed by atoms with Crippen LogP contribution < -0.4 is 10.2 Å². The Morgan fingerprint density at radius 1 is 1.06 bits per heavy atom. The van der Waals surface area contributed by atoms with Crippen molar-refractivity contribution in [3.8, 4) is 5.75 Å². The van der Waals surface area contributed by atoms with Crippen molar-refractivity contribution in [2.24, 2.45) is 0 Å². The van der Waals surface area contributed by atoms with Crippen molar-refractivity contribution < 1.29 is 23.1 Å². The third-order valence-corrected chi connectivity index (χ3v) is 5.80. The summed E-state index contributed by atoms with van der Waals surface area (Å²) in [6.45, 7) is 4.90. The van der Waals surface area contributed by atoms with Crippen LogP contribution >= 0.6 is 0 Å². The smallest absolute Gasteiger partial charge is 0.308 e. The molecule has 1 amide bonds. The van der Waals surface area contributed by atoms with Crippen LogP contribution in [0.4, 0.5) is 8.78 Å². The van der Waals surface area contributed by atoms with Crippen molar-refractivity contribution in [3.05, 3.63) is 93.4 Å². The molecule has 1 atom stereocenters. The zero-order valence-corrected chi connectivity index (χ0v) is 18.9. The van der Waals surface area contributed by atoms with Gasteiger partial charge in [0.25, 0.3) is 5.91 Å². The molecular formula is C25H23F2N3O4. The second-order valence-electron chi connectivity index (χ2n) is 8.43. The number of fused-ring (bicyclic) bond motifs is 1. The van der Waals surface area contributed by atoms with Crippen molar-refractivity contribution in [1.82, 2.24) is 14.7 Å². The van der Waals surface area contributed by atoms with Crippen LogP contribution in [-0.2, 0) is 4.79 Å². The highest BCUT2D eigenvalue weighted by atomic mass is 19.1. The Morgan fingerprint density at radius 3 is 2.15 bits per heavy atom. The van der Waals surface area contributed by atoms with E-state index in [0.717, 1.165) is 13.1 Å². The number of esters is 1. The van der Waals surface area contributed by atoms with Crippen molar-refractivity contribution in [2.45, 2.75) is 38.8 Å². The lowest BCUT2D eigenvalue weighted by molar-refractivity contribution is -0.132. The maximum atomic E-state index is 14.3. The third kappa shape index (κ3) is 4.33. The second-order valence-corrected chi connectivity index (χ2v) is 8.43. The number of amides is 1. The fourth-order valence-electron chi connectivity index (χ4n) is 4.37. The van der Waals surface area contributed by atoms with Crippen molar-refractivity contribution in [1.29, 1.82) is 0 Å². The zero-order chi connectivity index (χ0) is 24.6. The van der Waals surface area contributed by atoms with E-state index >= 15 is 0 Å². The van der Waals surface area contributed by atoms with Crippen molar-refractivity contribution in [3.63, 3.8) is 0 Å². The summed E-state index contributed by atoms with van der Waals surface area (Å²) in [6.07, 6.45) is 0.974. The van der Waals surface area contributed by atoms with E-state index in [-0.39, 0.29) is 18.3 Å². The number of carbonyl (C=O) groups is 2. The number of nitrogens with zero attached hydrogens (tertiary/aromatic N) is 3. The summed E-state index contributed by atoms with van der Waals surface area (Å²) in [7, 11) is 0. The Morgan fingerprint density at radius 2 is 1.65 bits per heavy atom. The Balaban J connectivity index is 2.00. The van der Waals surface area contributed by atoms with Crippen LogP contribution in [0.1, 0.15) is 54.3 Å². The summed E-state index contributed by atoms with van der Waals surface area (Å²) in [6, 6.07) is 10.9. The predicted octanol–water partition coefficient (Wildman–Crippen LogP) is 3.68. The van der Waals surface area contributed by atoms with Gasteiger partial charge in [-0.05, 0) is 49.2 Å². The molecule has 34 heavy (non-hydrogen) atoms. The molecule has 0 aliphatic carbocycles. The van der Waals surface area contributed by atoms with Gasteiger partial charge in [-0.25, -0.2) is 8.78 Å². The minimum atomic E-state index is -0.760. The number of hydrogen-bond donors (Lipinski definition) is 0. The first-order valence-electron chi connectivity index (χ1n) is 10.8. The number of aromatic nitrogens is 2. The van der Waals surface area contributed by atoms with Crippen molar-refractivity contribution in [2.75, 3.05) is 6.54 Å². The van der Waals surface area contributed by atoms with Gasteiger partial charge in [0.05, 0.1) is 12.2 Å². The molecule has 0 bridgehead atoms. The molecule has 4 rings (SSSR count). The van der Waals surface area contributed by atoms with Crippen LogP contribution in [0.5, 0.6) is 5.75 Å². The summed E-state index contributed by atoms with van der Waals surface area (Å²) in [5.41, 5.74) is 0.181. The van der Waals surface area contributed by atoms with Gasteiger partial charge in [0.15, 0.2) is 5.69 Å². The van der Waals surface area contributed by atoms with Crippen LogP contribution in [0.15, 0.2) is 59.5 Å². The SMILES string of the molecule is CC(=O)Oc1c2n(ncc1=O)[C@@H](C(c1cccc(F)c1)c1cccc(F)c1)CN(C(C)C)C2=O. The molecule has 0 spiro atoms. The molecule has 0 unspecified atom stereocenters. The molecule has 2 aromatic carbocycles. The van der Waals surface area contributed by atoms with Crippen LogP contribution in [0, 0.1) is 11.6 Å². The minimum Gasteiger partial charge on any atom is -0.420 e. The molecule has 7 nitrogen and oxygen atoms in total. The highest BCUT2D eigenvalue weighted by Gasteiger charge is 2.41. The van der Waals surface area contributed by atoms with E-state index in [4.69, 9.17) is 4.74 Å². The lowest BCUT2D eigenvalue weighted by Gasteiger charge is -2.41. The quantitative estimate of drug-likeness (QED) is 0.535. The molecule has 0 N–H and O–H groups in total. The molecule has 0 saturated carbocycles. The number of rotatable bonds is 5. The molecule has 1 aliphatic rings. The Bertz CT molecular complexity index is 1280. The lowest BCUT2D eigenvalue weighted by Crippen LogP contribution is -2.50. The maximum Gasteiger partial charge on any atom is 0.308 e. The molecule has 0 fully saturated rings. The topological polar surface area (TPSA) is 81.5 Å². The van der Waals surface area contributed by atoms with E-state index in [1.807, 2.05) is 13.8 Å². The fourth-order valence-corrected chi connectivity index (χ4v) is 4.37. The molecule has 0 radical (unpaired) electrons. The molecule has 176 valence electrons. The average molecular weight is 467 g/mol. The summed E-state index contributed by atoms with van der Waals surface area (Å²) in [5.74, 6) is -3.28. The highest BCUT2D eigenvalue weighted by molar-refractivity contribution is 5.96. The van der Waals surface area contributed by atoms with Gasteiger partial charge < -0.3 is 9.64 Å². The van der Waals surface area contributed by atoms with E-state index in [1.165, 1.54) is 33.8 Å². The summed E-state index contributed by atoms with van der Waals surface area (Å²) in [4.78, 5) is 39.1. The minimum absolute atomic E-state index is 0.149. The Kier molecular flexibility index (Phi) is 6.28. The van der Waals surface area contributed by atoms with E-state index in [1.54, 1.807) is 24.3 Å². The molecule has 0 saturated heterocycles. The standard InChI is InChI=1S/C25H23F2N3O4/c1-14(2)29-13-20(30-23(25(29)33)24(34-15(3)31)21(32)12-28-30)22(16-6-4-8-18(26)10-16)17-7-5-9-19(27)11-17/h4-12,14,20,22H,13H2,1-3H3/t20-/m1/s1. The zero-order valence-electron chi connectivity index (χ0n) is 18.9. The second kappa shape index (κ2) is 9.17. The first-order chi connectivity index (χ1) is 16.2. The summed E-state index contributed by atoms with van der Waals surface area (Å²) >= 11 is 0. The van der Waals surface area contributed by atoms with Gasteiger partial charge in [-0.2, -0.15) is 5.10 Å². The first-order valence-corrected chi connectivity index (χ1v) is 10.8. The van der Waals surface area contributed by atoms with Crippen LogP contribution in [-0.4, -0.2) is 39.1 Å². The predicted molar refractivity (Wildman–Crippen MR) is 120 cm³/mol. The van der Waals surface area contributed by atoms with Gasteiger partial charge in [0.2, 0.25) is 11.2 Å². The monoisotopic (exact) mass is 467 g/mol. The summed E-state index contributed by atoms with van der Waals surface area (Å²) in [5, 5.41) is 4.21. The highest BCUT2D eigenvalue weighted by Crippen LogP contribution is 2.40. The molecule has 3 aromatic rings. The fraction of sp³-hybridized carbons (Fsp3) is 0.280. The number of halogens is 2. The van der Waals surface area contributed by atoms with Gasteiger partial charge in [-0.1, -0.05) is 24.3 Å². The number of hydrogen-bond acceptors (Lipinski definition) is 5. The molecule has 1 aliphatic heterocycles. The maximum absolute atomic E-state index is 14.3. The largest absolute Gasteiger partial charge is 0.420 e. The first kappa shape index (κ1) is 23.3. The van der Waals surface area contributed by atoms with Crippen LogP contribution in [0.2, 0.25) is 0 Å². The molecular weight excluding hydrogens is 444 g/mol. The van der Waals surface area contributed by atoms with Crippen LogP contribution in [0.25, 0.3) is 0 Å². The van der Waals surface area contributed by atoms with E-state index in [0.29, 0.717) is 11.1 Å². The van der Waals surface area contributed by atoms with E-state index in [9.17, 15) is 23.2 Å². The van der Waals surface area contributed by atoms with Gasteiger partial charge in [-0.3, -0.25) is 19.1 Å². The van der Waals surface area contributed by atoms with Gasteiger partial charge in [0, 0.05) is 25.4 Å². The number of carbonyl (C=O) groups excluding carboxylic acids is 2. The van der Waals surface area contributed by atoms with Crippen molar-refractivity contribution >= 4 is 11.9 Å². The van der Waals surface area contributed by atoms with Gasteiger partial charge in [0.1, 0.15) is 11.6 Å². The van der Waals surface area contributed by atoms with Gasteiger partial charge in [-0.15, -0.1) is 0 Å². The lowest BCUT2D eigenvalue weighted by atomic mass is 9.83. The third-order valence-electron chi connectivity index (χ3n) is 5.80. The van der Waals surface area contributed by atoms with Gasteiger partial charge >= 0.3 is 5.97 Å². The van der Waals surface area contributed by atoms with E-state index < -0.39 is 46.6 Å².